The van der Waals surface area contributed by atoms with Crippen molar-refractivity contribution in [3.8, 4) is 6.07 Å². The molecular formula is C17H18N2O4. The van der Waals surface area contributed by atoms with Crippen LogP contribution >= 0.6 is 0 Å². The zero-order chi connectivity index (χ0) is 16.4. The van der Waals surface area contributed by atoms with Crippen molar-refractivity contribution in [1.29, 1.82) is 5.26 Å². The smallest absolute Gasteiger partial charge is 0.311 e. The Morgan fingerprint density at radius 3 is 2.74 bits per heavy atom. The number of hydrogen-bond donors (Lipinski definition) is 1. The highest BCUT2D eigenvalue weighted by atomic mass is 16.5. The minimum Gasteiger partial charge on any atom is -0.481 e. The maximum Gasteiger partial charge on any atom is 0.311 e. The monoisotopic (exact) mass is 314 g/mol. The van der Waals surface area contributed by atoms with Crippen LogP contribution in [0.1, 0.15) is 22.3 Å². The van der Waals surface area contributed by atoms with Crippen molar-refractivity contribution in [1.82, 2.24) is 4.90 Å². The average molecular weight is 314 g/mol. The fraction of sp³-hybridized carbons (Fsp3) is 0.471. The van der Waals surface area contributed by atoms with Crippen LogP contribution in [0.2, 0.25) is 0 Å². The van der Waals surface area contributed by atoms with Crippen LogP contribution in [0.3, 0.4) is 0 Å². The summed E-state index contributed by atoms with van der Waals surface area (Å²) >= 11 is 0. The van der Waals surface area contributed by atoms with Crippen LogP contribution in [0, 0.1) is 22.7 Å². The lowest BCUT2D eigenvalue weighted by Crippen LogP contribution is -2.45. The number of nitrogens with zero attached hydrogens (tertiary/aromatic N) is 2. The molecule has 0 aliphatic carbocycles. The number of aliphatic carboxylic acids is 1. The maximum absolute atomic E-state index is 12.7. The molecule has 3 rings (SSSR count). The lowest BCUT2D eigenvalue weighted by molar-refractivity contribution is -0.157. The van der Waals surface area contributed by atoms with Gasteiger partial charge in [-0.3, -0.25) is 9.59 Å². The van der Waals surface area contributed by atoms with Gasteiger partial charge in [0, 0.05) is 31.2 Å². The summed E-state index contributed by atoms with van der Waals surface area (Å²) in [6.07, 6.45) is 0.748. The maximum atomic E-state index is 12.7. The zero-order valence-electron chi connectivity index (χ0n) is 12.7. The molecule has 0 bridgehead atoms. The number of nitriles is 1. The normalized spacial score (nSPS) is 26.4. The van der Waals surface area contributed by atoms with Crippen LogP contribution < -0.4 is 0 Å². The summed E-state index contributed by atoms with van der Waals surface area (Å²) in [4.78, 5) is 26.0. The third kappa shape index (κ3) is 2.68. The first-order valence-corrected chi connectivity index (χ1v) is 7.63. The van der Waals surface area contributed by atoms with E-state index in [-0.39, 0.29) is 18.4 Å². The minimum absolute atomic E-state index is 0.157. The molecule has 2 fully saturated rings. The second kappa shape index (κ2) is 6.01. The predicted octanol–water partition coefficient (Wildman–Crippen LogP) is 1.32. The number of likely N-dealkylation sites (tertiary alicyclic amines) is 1. The number of fused-ring (bicyclic) bond motifs is 1. The summed E-state index contributed by atoms with van der Waals surface area (Å²) in [6, 6.07) is 8.97. The van der Waals surface area contributed by atoms with Gasteiger partial charge in [-0.1, -0.05) is 12.1 Å². The van der Waals surface area contributed by atoms with Crippen LogP contribution in [0.4, 0.5) is 0 Å². The van der Waals surface area contributed by atoms with Gasteiger partial charge in [-0.2, -0.15) is 5.26 Å². The molecule has 0 saturated carbocycles. The van der Waals surface area contributed by atoms with Gasteiger partial charge >= 0.3 is 5.97 Å². The molecule has 2 aliphatic rings. The van der Waals surface area contributed by atoms with Crippen LogP contribution in [0.15, 0.2) is 24.3 Å². The molecule has 0 aromatic heterocycles. The lowest BCUT2D eigenvalue weighted by Gasteiger charge is -2.33. The molecule has 2 heterocycles. The molecule has 1 amide bonds. The Labute approximate surface area is 134 Å². The Bertz CT molecular complexity index is 664. The van der Waals surface area contributed by atoms with Gasteiger partial charge in [-0.05, 0) is 24.1 Å². The van der Waals surface area contributed by atoms with Crippen molar-refractivity contribution in [2.24, 2.45) is 11.3 Å². The Kier molecular flexibility index (Phi) is 4.05. The highest BCUT2D eigenvalue weighted by Gasteiger charge is 2.54. The van der Waals surface area contributed by atoms with E-state index in [1.165, 1.54) is 0 Å². The van der Waals surface area contributed by atoms with Crippen LogP contribution in [0.25, 0.3) is 0 Å². The number of carbonyl (C=O) groups is 2. The van der Waals surface area contributed by atoms with Gasteiger partial charge in [0.15, 0.2) is 0 Å². The van der Waals surface area contributed by atoms with E-state index in [0.717, 1.165) is 5.56 Å². The Balaban J connectivity index is 1.78. The number of carbonyl (C=O) groups excluding carboxylic acids is 1. The highest BCUT2D eigenvalue weighted by molar-refractivity contribution is 5.95. The van der Waals surface area contributed by atoms with E-state index in [4.69, 9.17) is 10.00 Å². The van der Waals surface area contributed by atoms with E-state index in [1.807, 2.05) is 0 Å². The van der Waals surface area contributed by atoms with Crippen LogP contribution in [-0.4, -0.2) is 48.2 Å². The molecule has 2 atom stereocenters. The van der Waals surface area contributed by atoms with E-state index in [1.54, 1.807) is 29.2 Å². The first-order chi connectivity index (χ1) is 11.1. The Morgan fingerprint density at radius 2 is 2.13 bits per heavy atom. The molecular weight excluding hydrogens is 296 g/mol. The second-order valence-electron chi connectivity index (χ2n) is 6.20. The van der Waals surface area contributed by atoms with Crippen molar-refractivity contribution >= 4 is 11.9 Å². The molecule has 0 unspecified atom stereocenters. The van der Waals surface area contributed by atoms with Gasteiger partial charge in [-0.15, -0.1) is 0 Å². The van der Waals surface area contributed by atoms with Gasteiger partial charge in [0.05, 0.1) is 24.5 Å². The van der Waals surface area contributed by atoms with Gasteiger partial charge in [0.2, 0.25) is 0 Å². The summed E-state index contributed by atoms with van der Waals surface area (Å²) in [7, 11) is 0. The molecule has 2 aliphatic heterocycles. The van der Waals surface area contributed by atoms with E-state index in [2.05, 4.69) is 6.07 Å². The van der Waals surface area contributed by atoms with Crippen LogP contribution in [-0.2, 0) is 16.0 Å². The summed E-state index contributed by atoms with van der Waals surface area (Å²) in [5, 5.41) is 18.3. The topological polar surface area (TPSA) is 90.6 Å². The van der Waals surface area contributed by atoms with Crippen molar-refractivity contribution < 1.29 is 19.4 Å². The molecule has 0 spiro atoms. The van der Waals surface area contributed by atoms with E-state index in [9.17, 15) is 14.7 Å². The van der Waals surface area contributed by atoms with Gasteiger partial charge in [0.1, 0.15) is 0 Å². The number of amides is 1. The molecule has 6 heteroatoms. The van der Waals surface area contributed by atoms with Gasteiger partial charge in [-0.25, -0.2) is 0 Å². The molecule has 6 nitrogen and oxygen atoms in total. The molecule has 120 valence electrons. The number of carboxylic acid groups (broad SMARTS) is 1. The summed E-state index contributed by atoms with van der Waals surface area (Å²) in [5.74, 6) is -1.16. The number of hydrogen-bond acceptors (Lipinski definition) is 4. The van der Waals surface area contributed by atoms with Crippen LogP contribution in [0.5, 0.6) is 0 Å². The Hall–Kier alpha value is -2.39. The molecule has 0 radical (unpaired) electrons. The molecule has 2 saturated heterocycles. The molecule has 1 aromatic rings. The quantitative estimate of drug-likeness (QED) is 0.908. The first kappa shape index (κ1) is 15.5. The largest absolute Gasteiger partial charge is 0.481 e. The lowest BCUT2D eigenvalue weighted by atomic mass is 9.74. The zero-order valence-corrected chi connectivity index (χ0v) is 12.7. The fourth-order valence-corrected chi connectivity index (χ4v) is 3.49. The van der Waals surface area contributed by atoms with E-state index in [0.29, 0.717) is 38.2 Å². The fourth-order valence-electron chi connectivity index (χ4n) is 3.49. The van der Waals surface area contributed by atoms with Gasteiger partial charge in [0.25, 0.3) is 5.91 Å². The predicted molar refractivity (Wildman–Crippen MR) is 80.7 cm³/mol. The third-order valence-electron chi connectivity index (χ3n) is 4.90. The third-order valence-corrected chi connectivity index (χ3v) is 4.90. The van der Waals surface area contributed by atoms with E-state index >= 15 is 0 Å². The highest BCUT2D eigenvalue weighted by Crippen LogP contribution is 2.42. The average Bonchev–Trinajstić information content (AvgIpc) is 2.96. The molecule has 1 N–H and O–H groups in total. The number of ether oxygens (including phenoxy) is 1. The van der Waals surface area contributed by atoms with Gasteiger partial charge < -0.3 is 14.7 Å². The minimum atomic E-state index is -0.880. The summed E-state index contributed by atoms with van der Waals surface area (Å²) in [5.41, 5.74) is 0.496. The number of carboxylic acids is 1. The number of benzene rings is 1. The molecule has 23 heavy (non-hydrogen) atoms. The Morgan fingerprint density at radius 1 is 1.39 bits per heavy atom. The second-order valence-corrected chi connectivity index (χ2v) is 6.20. The van der Waals surface area contributed by atoms with E-state index < -0.39 is 11.4 Å². The standard InChI is InChI=1S/C17H18N2O4/c18-7-5-12-1-3-13(4-2-12)15(20)19-9-14-10-23-8-6-17(14,11-19)16(21)22/h1-4,14H,5-6,8-11H2,(H,21,22)/t14-,17+/m0/s1. The van der Waals surface area contributed by atoms with Crippen molar-refractivity contribution in [2.75, 3.05) is 26.3 Å². The SMILES string of the molecule is N#CCc1ccc(C(=O)N2C[C@H]3COCC[C@@]3(C(=O)O)C2)cc1. The number of rotatable bonds is 3. The summed E-state index contributed by atoms with van der Waals surface area (Å²) in [6.45, 7) is 1.45. The summed E-state index contributed by atoms with van der Waals surface area (Å²) < 4.78 is 5.40. The van der Waals surface area contributed by atoms with Crippen molar-refractivity contribution in [2.45, 2.75) is 12.8 Å². The first-order valence-electron chi connectivity index (χ1n) is 7.63. The molecule has 1 aromatic carbocycles. The van der Waals surface area contributed by atoms with Crippen molar-refractivity contribution in [3.05, 3.63) is 35.4 Å². The van der Waals surface area contributed by atoms with Crippen molar-refractivity contribution in [3.63, 3.8) is 0 Å².